The van der Waals surface area contributed by atoms with Crippen molar-refractivity contribution in [2.24, 2.45) is 11.8 Å². The molecule has 2 aliphatic rings. The fraction of sp³-hybridized carbons (Fsp3) is 0.826. The van der Waals surface area contributed by atoms with Crippen LogP contribution in [0.1, 0.15) is 90.0 Å². The van der Waals surface area contributed by atoms with Gasteiger partial charge in [-0.2, -0.15) is 5.10 Å². The molecule has 3 rings (SSSR count). The highest BCUT2D eigenvalue weighted by atomic mass is 35.5. The van der Waals surface area contributed by atoms with Crippen molar-refractivity contribution in [2.75, 3.05) is 19.5 Å². The van der Waals surface area contributed by atoms with Gasteiger partial charge in [0.25, 0.3) is 5.56 Å². The van der Waals surface area contributed by atoms with Gasteiger partial charge in [0.1, 0.15) is 10.0 Å². The van der Waals surface area contributed by atoms with Crippen LogP contribution in [-0.2, 0) is 10.3 Å². The largest absolute Gasteiger partial charge is 0.381 e. The predicted octanol–water partition coefficient (Wildman–Crippen LogP) is 6.24. The van der Waals surface area contributed by atoms with Crippen LogP contribution in [0.4, 0.5) is 0 Å². The zero-order valence-electron chi connectivity index (χ0n) is 18.5. The van der Waals surface area contributed by atoms with Crippen LogP contribution in [0.5, 0.6) is 0 Å². The molecule has 164 valence electrons. The molecule has 1 heterocycles. The summed E-state index contributed by atoms with van der Waals surface area (Å²) >= 11 is 8.21. The van der Waals surface area contributed by atoms with E-state index in [2.05, 4.69) is 5.10 Å². The maximum atomic E-state index is 12.8. The lowest BCUT2D eigenvalue weighted by atomic mass is 9.79. The van der Waals surface area contributed by atoms with E-state index < -0.39 is 0 Å². The Kier molecular flexibility index (Phi) is 8.14. The van der Waals surface area contributed by atoms with Gasteiger partial charge in [-0.3, -0.25) is 4.79 Å². The Morgan fingerprint density at radius 2 is 1.62 bits per heavy atom. The molecule has 4 nitrogen and oxygen atoms in total. The van der Waals surface area contributed by atoms with Crippen molar-refractivity contribution in [2.45, 2.75) is 95.0 Å². The zero-order chi connectivity index (χ0) is 21.0. The molecule has 0 aliphatic heterocycles. The molecule has 0 N–H and O–H groups in total. The average molecular weight is 441 g/mol. The Labute approximate surface area is 185 Å². The normalized spacial score (nSPS) is 24.0. The summed E-state index contributed by atoms with van der Waals surface area (Å²) in [5, 5.41) is 5.95. The summed E-state index contributed by atoms with van der Waals surface area (Å²) in [4.78, 5) is 12.8. The van der Waals surface area contributed by atoms with E-state index in [4.69, 9.17) is 16.3 Å². The van der Waals surface area contributed by atoms with Gasteiger partial charge in [-0.05, 0) is 83.3 Å². The van der Waals surface area contributed by atoms with E-state index in [1.807, 2.05) is 27.0 Å². The molecular weight excluding hydrogens is 404 g/mol. The number of thioether (sulfide) groups is 1. The maximum absolute atomic E-state index is 12.8. The van der Waals surface area contributed by atoms with E-state index in [0.717, 1.165) is 55.4 Å². The van der Waals surface area contributed by atoms with E-state index in [-0.39, 0.29) is 11.1 Å². The lowest BCUT2D eigenvalue weighted by molar-refractivity contribution is 0.0491. The quantitative estimate of drug-likeness (QED) is 0.490. The number of hydrogen-bond acceptors (Lipinski definition) is 4. The summed E-state index contributed by atoms with van der Waals surface area (Å²) in [6, 6.07) is 0. The summed E-state index contributed by atoms with van der Waals surface area (Å²) in [6.45, 7) is 7.79. The molecule has 1 aromatic heterocycles. The van der Waals surface area contributed by atoms with Crippen molar-refractivity contribution in [3.05, 3.63) is 20.9 Å². The standard InChI is InChI=1S/C23H37ClN2O2S/c1-23(2,3)26-22(27)20(24)19(21(25-26)29-4)18-12-10-17(11-13-18)15-28-14-16-8-6-5-7-9-16/h16-18H,5-15H2,1-4H3. The SMILES string of the molecule is CSc1nn(C(C)(C)C)c(=O)c(Cl)c1C1CCC(COCC2CCCCC2)CC1. The molecular formula is C23H37ClN2O2S. The number of rotatable bonds is 6. The summed E-state index contributed by atoms with van der Waals surface area (Å²) in [7, 11) is 0. The predicted molar refractivity (Wildman–Crippen MR) is 122 cm³/mol. The molecule has 2 fully saturated rings. The third kappa shape index (κ3) is 5.80. The molecule has 0 bridgehead atoms. The first-order valence-electron chi connectivity index (χ1n) is 11.3. The minimum atomic E-state index is -0.378. The second-order valence-corrected chi connectivity index (χ2v) is 11.1. The molecule has 29 heavy (non-hydrogen) atoms. The second-order valence-electron chi connectivity index (χ2n) is 9.88. The van der Waals surface area contributed by atoms with Crippen LogP contribution in [0.25, 0.3) is 0 Å². The van der Waals surface area contributed by atoms with Crippen molar-refractivity contribution < 1.29 is 4.74 Å². The minimum Gasteiger partial charge on any atom is -0.381 e. The molecule has 0 spiro atoms. The number of hydrogen-bond donors (Lipinski definition) is 0. The van der Waals surface area contributed by atoms with Crippen molar-refractivity contribution >= 4 is 23.4 Å². The molecule has 2 saturated carbocycles. The van der Waals surface area contributed by atoms with Gasteiger partial charge in [0.15, 0.2) is 0 Å². The highest BCUT2D eigenvalue weighted by Gasteiger charge is 2.30. The third-order valence-electron chi connectivity index (χ3n) is 6.55. The fourth-order valence-electron chi connectivity index (χ4n) is 4.82. The van der Waals surface area contributed by atoms with Gasteiger partial charge >= 0.3 is 0 Å². The molecule has 0 radical (unpaired) electrons. The van der Waals surface area contributed by atoms with Crippen LogP contribution in [0.2, 0.25) is 5.02 Å². The first kappa shape index (κ1) is 23.1. The van der Waals surface area contributed by atoms with Crippen LogP contribution in [0, 0.1) is 11.8 Å². The van der Waals surface area contributed by atoms with Gasteiger partial charge in [-0.1, -0.05) is 30.9 Å². The van der Waals surface area contributed by atoms with Crippen LogP contribution in [0.3, 0.4) is 0 Å². The molecule has 2 aliphatic carbocycles. The van der Waals surface area contributed by atoms with Crippen molar-refractivity contribution in [1.82, 2.24) is 9.78 Å². The molecule has 6 heteroatoms. The fourth-order valence-corrected chi connectivity index (χ4v) is 5.86. The monoisotopic (exact) mass is 440 g/mol. The van der Waals surface area contributed by atoms with Crippen LogP contribution >= 0.6 is 23.4 Å². The average Bonchev–Trinajstić information content (AvgIpc) is 2.70. The van der Waals surface area contributed by atoms with Crippen molar-refractivity contribution in [1.29, 1.82) is 0 Å². The van der Waals surface area contributed by atoms with E-state index in [9.17, 15) is 4.79 Å². The molecule has 0 saturated heterocycles. The first-order valence-corrected chi connectivity index (χ1v) is 12.9. The number of aromatic nitrogens is 2. The molecule has 1 aromatic rings. The van der Waals surface area contributed by atoms with E-state index in [0.29, 0.717) is 16.9 Å². The summed E-state index contributed by atoms with van der Waals surface area (Å²) in [6.07, 6.45) is 13.3. The Bertz CT molecular complexity index is 730. The highest BCUT2D eigenvalue weighted by molar-refractivity contribution is 7.98. The lowest BCUT2D eigenvalue weighted by Crippen LogP contribution is -2.37. The Balaban J connectivity index is 1.60. The number of nitrogens with zero attached hydrogens (tertiary/aromatic N) is 2. The highest BCUT2D eigenvalue weighted by Crippen LogP contribution is 2.41. The summed E-state index contributed by atoms with van der Waals surface area (Å²) in [5.41, 5.74) is 0.438. The zero-order valence-corrected chi connectivity index (χ0v) is 20.1. The maximum Gasteiger partial charge on any atom is 0.286 e. The topological polar surface area (TPSA) is 44.1 Å². The van der Waals surface area contributed by atoms with E-state index in [1.54, 1.807) is 11.8 Å². The van der Waals surface area contributed by atoms with E-state index >= 15 is 0 Å². The molecule has 0 unspecified atom stereocenters. The summed E-state index contributed by atoms with van der Waals surface area (Å²) < 4.78 is 7.64. The molecule has 0 atom stereocenters. The van der Waals surface area contributed by atoms with Gasteiger partial charge in [0.2, 0.25) is 0 Å². The van der Waals surface area contributed by atoms with Crippen LogP contribution < -0.4 is 5.56 Å². The van der Waals surface area contributed by atoms with Gasteiger partial charge < -0.3 is 4.74 Å². The van der Waals surface area contributed by atoms with Gasteiger partial charge in [-0.15, -0.1) is 11.8 Å². The second kappa shape index (κ2) is 10.2. The first-order chi connectivity index (χ1) is 13.8. The summed E-state index contributed by atoms with van der Waals surface area (Å²) in [5.74, 6) is 1.74. The minimum absolute atomic E-state index is 0.162. The molecule has 0 amide bonds. The molecule has 0 aromatic carbocycles. The van der Waals surface area contributed by atoms with Gasteiger partial charge in [-0.25, -0.2) is 4.68 Å². The smallest absolute Gasteiger partial charge is 0.286 e. The van der Waals surface area contributed by atoms with Crippen molar-refractivity contribution in [3.8, 4) is 0 Å². The van der Waals surface area contributed by atoms with Crippen LogP contribution in [-0.4, -0.2) is 29.3 Å². The lowest BCUT2D eigenvalue weighted by Gasteiger charge is -2.31. The Hall–Kier alpha value is -0.520. The number of ether oxygens (including phenoxy) is 1. The van der Waals surface area contributed by atoms with E-state index in [1.165, 1.54) is 36.8 Å². The van der Waals surface area contributed by atoms with Gasteiger partial charge in [0.05, 0.1) is 5.54 Å². The Morgan fingerprint density at radius 3 is 2.17 bits per heavy atom. The van der Waals surface area contributed by atoms with Crippen LogP contribution in [0.15, 0.2) is 9.82 Å². The number of halogens is 1. The Morgan fingerprint density at radius 1 is 1.03 bits per heavy atom. The van der Waals surface area contributed by atoms with Crippen molar-refractivity contribution in [3.63, 3.8) is 0 Å². The van der Waals surface area contributed by atoms with Gasteiger partial charge in [0, 0.05) is 18.8 Å². The third-order valence-corrected chi connectivity index (χ3v) is 7.61.